The van der Waals surface area contributed by atoms with E-state index in [4.69, 9.17) is 0 Å². The third-order valence-corrected chi connectivity index (χ3v) is 4.66. The van der Waals surface area contributed by atoms with Crippen LogP contribution in [0.5, 0.6) is 0 Å². The average Bonchev–Trinajstić information content (AvgIpc) is 2.68. The first-order valence-corrected chi connectivity index (χ1v) is 8.87. The topological polar surface area (TPSA) is 98.4 Å². The number of rotatable bonds is 4. The van der Waals surface area contributed by atoms with Crippen molar-refractivity contribution in [3.05, 3.63) is 58.0 Å². The fraction of sp³-hybridized carbons (Fsp3) is 0.368. The van der Waals surface area contributed by atoms with E-state index >= 15 is 0 Å². The Morgan fingerprint density at radius 3 is 2.33 bits per heavy atom. The predicted molar refractivity (Wildman–Crippen MR) is 102 cm³/mol. The normalized spacial score (nSPS) is 14.7. The highest BCUT2D eigenvalue weighted by Gasteiger charge is 2.25. The van der Waals surface area contributed by atoms with Crippen LogP contribution in [0, 0.1) is 0 Å². The quantitative estimate of drug-likeness (QED) is 0.833. The van der Waals surface area contributed by atoms with Gasteiger partial charge in [-0.25, -0.2) is 5.10 Å². The lowest BCUT2D eigenvalue weighted by atomic mass is 10.0. The van der Waals surface area contributed by atoms with Gasteiger partial charge in [-0.3, -0.25) is 14.4 Å². The molecule has 8 heteroatoms. The van der Waals surface area contributed by atoms with Gasteiger partial charge in [-0.2, -0.15) is 5.10 Å². The summed E-state index contributed by atoms with van der Waals surface area (Å²) in [5, 5.41) is 8.88. The molecule has 0 unspecified atom stereocenters. The van der Waals surface area contributed by atoms with Gasteiger partial charge in [0.2, 0.25) is 0 Å². The van der Waals surface area contributed by atoms with Crippen LogP contribution in [0.4, 0.5) is 5.69 Å². The number of likely N-dealkylation sites (tertiary alicyclic amines) is 1. The van der Waals surface area contributed by atoms with Crippen molar-refractivity contribution in [2.24, 2.45) is 0 Å². The van der Waals surface area contributed by atoms with E-state index < -0.39 is 0 Å². The number of carbonyl (C=O) groups excluding carboxylic acids is 2. The Labute approximate surface area is 157 Å². The molecule has 2 aromatic rings. The first-order chi connectivity index (χ1) is 12.9. The molecule has 0 aliphatic carbocycles. The van der Waals surface area contributed by atoms with Crippen molar-refractivity contribution in [1.29, 1.82) is 0 Å². The molecule has 142 valence electrons. The second-order valence-corrected chi connectivity index (χ2v) is 6.79. The van der Waals surface area contributed by atoms with Crippen LogP contribution >= 0.6 is 0 Å². The Hall–Kier alpha value is -3.16. The maximum absolute atomic E-state index is 12.6. The van der Waals surface area contributed by atoms with E-state index in [1.165, 1.54) is 12.1 Å². The van der Waals surface area contributed by atoms with E-state index in [9.17, 15) is 14.4 Å². The summed E-state index contributed by atoms with van der Waals surface area (Å²) in [6.45, 7) is 1.16. The minimum Gasteiger partial charge on any atom is -0.378 e. The lowest BCUT2D eigenvalue weighted by molar-refractivity contribution is 0.0697. The lowest BCUT2D eigenvalue weighted by Gasteiger charge is -2.32. The monoisotopic (exact) mass is 369 g/mol. The zero-order valence-electron chi connectivity index (χ0n) is 15.4. The number of nitrogens with zero attached hydrogens (tertiary/aromatic N) is 3. The number of aromatic nitrogens is 2. The molecule has 2 amide bonds. The summed E-state index contributed by atoms with van der Waals surface area (Å²) < 4.78 is 0. The summed E-state index contributed by atoms with van der Waals surface area (Å²) >= 11 is 0. The van der Waals surface area contributed by atoms with Crippen LogP contribution in [-0.4, -0.2) is 60.1 Å². The Balaban J connectivity index is 1.53. The molecule has 2 heterocycles. The van der Waals surface area contributed by atoms with Crippen molar-refractivity contribution >= 4 is 17.5 Å². The molecular formula is C19H23N5O3. The van der Waals surface area contributed by atoms with Gasteiger partial charge in [0.25, 0.3) is 17.4 Å². The Bertz CT molecular complexity index is 847. The van der Waals surface area contributed by atoms with Crippen LogP contribution < -0.4 is 15.8 Å². The van der Waals surface area contributed by atoms with Crippen LogP contribution in [0.1, 0.15) is 33.7 Å². The van der Waals surface area contributed by atoms with Crippen molar-refractivity contribution < 1.29 is 9.59 Å². The van der Waals surface area contributed by atoms with Gasteiger partial charge < -0.3 is 15.1 Å². The summed E-state index contributed by atoms with van der Waals surface area (Å²) in [5.74, 6) is -0.317. The van der Waals surface area contributed by atoms with Crippen LogP contribution in [0.3, 0.4) is 0 Å². The van der Waals surface area contributed by atoms with Crippen molar-refractivity contribution in [3.63, 3.8) is 0 Å². The van der Waals surface area contributed by atoms with Crippen molar-refractivity contribution in [1.82, 2.24) is 20.4 Å². The van der Waals surface area contributed by atoms with Gasteiger partial charge >= 0.3 is 0 Å². The van der Waals surface area contributed by atoms with E-state index in [1.807, 2.05) is 48.2 Å². The number of amides is 2. The SMILES string of the molecule is CN(C)c1ccc(C(=O)N2CCC(NC(=O)c3ccc(=O)[nH]n3)CC2)cc1. The van der Waals surface area contributed by atoms with Crippen LogP contribution in [0.2, 0.25) is 0 Å². The zero-order valence-corrected chi connectivity index (χ0v) is 15.4. The summed E-state index contributed by atoms with van der Waals surface area (Å²) in [5.41, 5.74) is 1.54. The number of aromatic amines is 1. The Kier molecular flexibility index (Phi) is 5.54. The highest BCUT2D eigenvalue weighted by atomic mass is 16.2. The number of nitrogens with one attached hydrogen (secondary N) is 2. The van der Waals surface area contributed by atoms with E-state index in [0.29, 0.717) is 31.5 Å². The molecule has 8 nitrogen and oxygen atoms in total. The van der Waals surface area contributed by atoms with Gasteiger partial charge in [-0.1, -0.05) is 0 Å². The molecule has 1 saturated heterocycles. The second kappa shape index (κ2) is 8.03. The molecule has 0 saturated carbocycles. The molecule has 3 rings (SSSR count). The lowest BCUT2D eigenvalue weighted by Crippen LogP contribution is -2.46. The van der Waals surface area contributed by atoms with Crippen LogP contribution in [0.15, 0.2) is 41.2 Å². The second-order valence-electron chi connectivity index (χ2n) is 6.79. The third kappa shape index (κ3) is 4.52. The first-order valence-electron chi connectivity index (χ1n) is 8.87. The number of benzene rings is 1. The van der Waals surface area contributed by atoms with Gasteiger partial charge in [-0.15, -0.1) is 0 Å². The molecule has 1 aromatic heterocycles. The molecule has 27 heavy (non-hydrogen) atoms. The summed E-state index contributed by atoms with van der Waals surface area (Å²) in [6, 6.07) is 10.2. The largest absolute Gasteiger partial charge is 0.378 e. The molecule has 1 aromatic carbocycles. The molecule has 0 bridgehead atoms. The van der Waals surface area contributed by atoms with Gasteiger partial charge in [0.15, 0.2) is 0 Å². The summed E-state index contributed by atoms with van der Waals surface area (Å²) in [6.07, 6.45) is 1.35. The fourth-order valence-corrected chi connectivity index (χ4v) is 3.04. The molecular weight excluding hydrogens is 346 g/mol. The minimum atomic E-state index is -0.350. The van der Waals surface area contributed by atoms with Gasteiger partial charge in [0.1, 0.15) is 5.69 Å². The van der Waals surface area contributed by atoms with Crippen molar-refractivity contribution in [2.45, 2.75) is 18.9 Å². The fourth-order valence-electron chi connectivity index (χ4n) is 3.04. The summed E-state index contributed by atoms with van der Waals surface area (Å²) in [4.78, 5) is 39.6. The molecule has 0 radical (unpaired) electrons. The standard InChI is InChI=1S/C19H23N5O3/c1-23(2)15-5-3-13(4-6-15)19(27)24-11-9-14(10-12-24)20-18(26)16-7-8-17(25)22-21-16/h3-8,14H,9-12H2,1-2H3,(H,20,26)(H,22,25). The van der Waals surface area contributed by atoms with Gasteiger partial charge in [-0.05, 0) is 43.2 Å². The first kappa shape index (κ1) is 18.6. The zero-order chi connectivity index (χ0) is 19.4. The number of anilines is 1. The van der Waals surface area contributed by atoms with E-state index in [-0.39, 0.29) is 29.1 Å². The molecule has 0 spiro atoms. The maximum atomic E-state index is 12.6. The highest BCUT2D eigenvalue weighted by molar-refractivity contribution is 5.95. The molecule has 0 atom stereocenters. The van der Waals surface area contributed by atoms with E-state index in [1.54, 1.807) is 0 Å². The van der Waals surface area contributed by atoms with E-state index in [2.05, 4.69) is 15.5 Å². The smallest absolute Gasteiger partial charge is 0.271 e. The maximum Gasteiger partial charge on any atom is 0.271 e. The number of carbonyl (C=O) groups is 2. The predicted octanol–water partition coefficient (Wildman–Crippen LogP) is 0.870. The number of hydrogen-bond acceptors (Lipinski definition) is 5. The number of hydrogen-bond donors (Lipinski definition) is 2. The number of piperidine rings is 1. The minimum absolute atomic E-state index is 0.00684. The molecule has 2 N–H and O–H groups in total. The Morgan fingerprint density at radius 1 is 1.11 bits per heavy atom. The van der Waals surface area contributed by atoms with Gasteiger partial charge in [0.05, 0.1) is 0 Å². The van der Waals surface area contributed by atoms with Gasteiger partial charge in [0, 0.05) is 50.5 Å². The van der Waals surface area contributed by atoms with Crippen molar-refractivity contribution in [3.8, 4) is 0 Å². The molecule has 1 aliphatic rings. The molecule has 1 fully saturated rings. The summed E-state index contributed by atoms with van der Waals surface area (Å²) in [7, 11) is 3.91. The average molecular weight is 369 g/mol. The highest BCUT2D eigenvalue weighted by Crippen LogP contribution is 2.17. The van der Waals surface area contributed by atoms with Crippen LogP contribution in [-0.2, 0) is 0 Å². The Morgan fingerprint density at radius 2 is 1.78 bits per heavy atom. The molecule has 1 aliphatic heterocycles. The number of H-pyrrole nitrogens is 1. The third-order valence-electron chi connectivity index (χ3n) is 4.66. The van der Waals surface area contributed by atoms with Crippen LogP contribution in [0.25, 0.3) is 0 Å². The van der Waals surface area contributed by atoms with Crippen molar-refractivity contribution in [2.75, 3.05) is 32.1 Å². The van der Waals surface area contributed by atoms with E-state index in [0.717, 1.165) is 5.69 Å².